The molecule has 2 unspecified atom stereocenters. The van der Waals surface area contributed by atoms with Crippen LogP contribution in [0.3, 0.4) is 0 Å². The number of carboxylic acids is 1. The van der Waals surface area contributed by atoms with Crippen LogP contribution in [-0.2, 0) is 17.8 Å². The van der Waals surface area contributed by atoms with Gasteiger partial charge in [-0.3, -0.25) is 4.79 Å². The minimum atomic E-state index is -0.917. The Morgan fingerprint density at radius 2 is 1.83 bits per heavy atom. The van der Waals surface area contributed by atoms with E-state index < -0.39 is 5.97 Å². The van der Waals surface area contributed by atoms with Crippen molar-refractivity contribution in [2.45, 2.75) is 77.7 Å². The van der Waals surface area contributed by atoms with Gasteiger partial charge in [-0.1, -0.05) is 63.4 Å². The van der Waals surface area contributed by atoms with Crippen LogP contribution in [0.2, 0.25) is 0 Å². The standard InChI is InChI=1S/C31H38N2O3/c1-3-4-6-11-21(2)28-26-15-14-23(31(35)36)19-27(26)33-20-24(30(34)32-16-9-5-10-17-32)18-22-12-7-8-13-25(22)29(28)33/h7-8,12-15,19,21,24H,3-6,9-11,16-18,20H2,1-2H3,(H,35,36). The average Bonchev–Trinajstić information content (AvgIpc) is 3.11. The van der Waals surface area contributed by atoms with Crippen molar-refractivity contribution in [3.05, 3.63) is 59.2 Å². The molecule has 0 bridgehead atoms. The molecule has 1 fully saturated rings. The molecule has 0 saturated carbocycles. The molecule has 1 saturated heterocycles. The minimum Gasteiger partial charge on any atom is -0.478 e. The van der Waals surface area contributed by atoms with Gasteiger partial charge in [0.15, 0.2) is 0 Å². The second-order valence-corrected chi connectivity index (χ2v) is 10.8. The van der Waals surface area contributed by atoms with E-state index >= 15 is 0 Å². The number of nitrogens with zero attached hydrogens (tertiary/aromatic N) is 2. The summed E-state index contributed by atoms with van der Waals surface area (Å²) in [7, 11) is 0. The quantitative estimate of drug-likeness (QED) is 0.371. The molecule has 0 radical (unpaired) electrons. The number of aromatic carboxylic acids is 1. The zero-order valence-electron chi connectivity index (χ0n) is 21.6. The van der Waals surface area contributed by atoms with Gasteiger partial charge in [0.2, 0.25) is 5.91 Å². The lowest BCUT2D eigenvalue weighted by Crippen LogP contribution is -2.41. The van der Waals surface area contributed by atoms with E-state index in [1.54, 1.807) is 6.07 Å². The molecule has 1 N–H and O–H groups in total. The Bertz CT molecular complexity index is 1270. The molecule has 3 aromatic rings. The number of amides is 1. The second-order valence-electron chi connectivity index (χ2n) is 10.8. The average molecular weight is 487 g/mol. The van der Waals surface area contributed by atoms with Gasteiger partial charge in [0.1, 0.15) is 0 Å². The molecule has 2 aliphatic rings. The van der Waals surface area contributed by atoms with Gasteiger partial charge in [0, 0.05) is 36.1 Å². The van der Waals surface area contributed by atoms with Crippen molar-refractivity contribution in [1.29, 1.82) is 0 Å². The first kappa shape index (κ1) is 24.6. The van der Waals surface area contributed by atoms with Crippen molar-refractivity contribution < 1.29 is 14.7 Å². The number of hydrogen-bond donors (Lipinski definition) is 1. The summed E-state index contributed by atoms with van der Waals surface area (Å²) >= 11 is 0. The van der Waals surface area contributed by atoms with Crippen LogP contribution in [0.15, 0.2) is 42.5 Å². The van der Waals surface area contributed by atoms with Gasteiger partial charge in [0.05, 0.1) is 17.2 Å². The Morgan fingerprint density at radius 1 is 1.06 bits per heavy atom. The number of unbranched alkanes of at least 4 members (excludes halogenated alkanes) is 2. The van der Waals surface area contributed by atoms with E-state index in [0.29, 0.717) is 18.0 Å². The van der Waals surface area contributed by atoms with Crippen LogP contribution < -0.4 is 0 Å². The predicted octanol–water partition coefficient (Wildman–Crippen LogP) is 6.88. The van der Waals surface area contributed by atoms with Gasteiger partial charge in [0.25, 0.3) is 0 Å². The monoisotopic (exact) mass is 486 g/mol. The van der Waals surface area contributed by atoms with E-state index in [0.717, 1.165) is 49.7 Å². The van der Waals surface area contributed by atoms with Crippen LogP contribution >= 0.6 is 0 Å². The summed E-state index contributed by atoms with van der Waals surface area (Å²) in [6.07, 6.45) is 8.74. The van der Waals surface area contributed by atoms with Gasteiger partial charge < -0.3 is 14.6 Å². The number of piperidine rings is 1. The molecule has 5 nitrogen and oxygen atoms in total. The molecule has 0 spiro atoms. The molecule has 0 aliphatic carbocycles. The maximum atomic E-state index is 13.8. The highest BCUT2D eigenvalue weighted by Gasteiger charge is 2.33. The summed E-state index contributed by atoms with van der Waals surface area (Å²) < 4.78 is 2.28. The number of hydrogen-bond acceptors (Lipinski definition) is 2. The SMILES string of the molecule is CCCCCC(C)c1c2n(c3cc(C(=O)O)ccc13)CC(C(=O)N1CCCCC1)Cc1ccccc1-2. The summed E-state index contributed by atoms with van der Waals surface area (Å²) in [4.78, 5) is 27.7. The second kappa shape index (κ2) is 10.5. The van der Waals surface area contributed by atoms with Gasteiger partial charge in [-0.15, -0.1) is 0 Å². The summed E-state index contributed by atoms with van der Waals surface area (Å²) in [6, 6.07) is 14.1. The first-order valence-electron chi connectivity index (χ1n) is 13.8. The van der Waals surface area contributed by atoms with Crippen LogP contribution in [0.5, 0.6) is 0 Å². The van der Waals surface area contributed by atoms with E-state index in [9.17, 15) is 14.7 Å². The van der Waals surface area contributed by atoms with E-state index in [4.69, 9.17) is 0 Å². The van der Waals surface area contributed by atoms with E-state index in [-0.39, 0.29) is 11.8 Å². The largest absolute Gasteiger partial charge is 0.478 e. The van der Waals surface area contributed by atoms with E-state index in [1.807, 2.05) is 12.1 Å². The van der Waals surface area contributed by atoms with Crippen molar-refractivity contribution in [1.82, 2.24) is 9.47 Å². The summed E-state index contributed by atoms with van der Waals surface area (Å²) in [6.45, 7) is 6.81. The Labute approximate surface area is 214 Å². The highest BCUT2D eigenvalue weighted by molar-refractivity contribution is 5.98. The smallest absolute Gasteiger partial charge is 0.335 e. The zero-order chi connectivity index (χ0) is 25.2. The lowest BCUT2D eigenvalue weighted by Gasteiger charge is -2.30. The fourth-order valence-corrected chi connectivity index (χ4v) is 6.35. The number of carbonyl (C=O) groups excluding carboxylic acids is 1. The Hall–Kier alpha value is -3.08. The maximum absolute atomic E-state index is 13.8. The first-order valence-corrected chi connectivity index (χ1v) is 13.8. The van der Waals surface area contributed by atoms with Crippen LogP contribution in [0.25, 0.3) is 22.2 Å². The van der Waals surface area contributed by atoms with Gasteiger partial charge >= 0.3 is 5.97 Å². The lowest BCUT2D eigenvalue weighted by molar-refractivity contribution is -0.136. The molecule has 3 heterocycles. The highest BCUT2D eigenvalue weighted by atomic mass is 16.4. The zero-order valence-corrected chi connectivity index (χ0v) is 21.6. The van der Waals surface area contributed by atoms with Crippen LogP contribution in [0.1, 0.15) is 86.2 Å². The molecule has 1 aromatic heterocycles. The molecule has 2 aromatic carbocycles. The van der Waals surface area contributed by atoms with Gasteiger partial charge in [-0.05, 0) is 61.3 Å². The number of fused-ring (bicyclic) bond motifs is 5. The van der Waals surface area contributed by atoms with Gasteiger partial charge in [-0.25, -0.2) is 4.79 Å². The fourth-order valence-electron chi connectivity index (χ4n) is 6.35. The minimum absolute atomic E-state index is 0.155. The third-order valence-electron chi connectivity index (χ3n) is 8.24. The third kappa shape index (κ3) is 4.56. The molecule has 1 amide bonds. The number of carboxylic acid groups (broad SMARTS) is 1. The third-order valence-corrected chi connectivity index (χ3v) is 8.24. The predicted molar refractivity (Wildman–Crippen MR) is 145 cm³/mol. The molecule has 36 heavy (non-hydrogen) atoms. The summed E-state index contributed by atoms with van der Waals surface area (Å²) in [5.74, 6) is -0.489. The Kier molecular flexibility index (Phi) is 7.17. The van der Waals surface area contributed by atoms with Crippen molar-refractivity contribution >= 4 is 22.8 Å². The van der Waals surface area contributed by atoms with E-state index in [2.05, 4.69) is 47.6 Å². The number of benzene rings is 2. The molecular weight excluding hydrogens is 448 g/mol. The topological polar surface area (TPSA) is 62.5 Å². The fraction of sp³-hybridized carbons (Fsp3) is 0.484. The van der Waals surface area contributed by atoms with Crippen molar-refractivity contribution in [2.75, 3.05) is 13.1 Å². The number of aromatic nitrogens is 1. The number of rotatable bonds is 7. The van der Waals surface area contributed by atoms with E-state index in [1.165, 1.54) is 48.1 Å². The molecule has 2 aliphatic heterocycles. The summed E-state index contributed by atoms with van der Waals surface area (Å²) in [5, 5.41) is 10.9. The first-order chi connectivity index (χ1) is 17.5. The van der Waals surface area contributed by atoms with Crippen LogP contribution in [0, 0.1) is 5.92 Å². The van der Waals surface area contributed by atoms with Crippen molar-refractivity contribution in [3.63, 3.8) is 0 Å². The van der Waals surface area contributed by atoms with Crippen molar-refractivity contribution in [2.24, 2.45) is 5.92 Å². The number of carbonyl (C=O) groups is 2. The lowest BCUT2D eigenvalue weighted by atomic mass is 9.88. The van der Waals surface area contributed by atoms with Gasteiger partial charge in [-0.2, -0.15) is 0 Å². The summed E-state index contributed by atoms with van der Waals surface area (Å²) in [5.41, 5.74) is 6.13. The molecule has 5 rings (SSSR count). The molecule has 2 atom stereocenters. The normalized spacial score (nSPS) is 18.4. The number of likely N-dealkylation sites (tertiary alicyclic amines) is 1. The highest BCUT2D eigenvalue weighted by Crippen LogP contribution is 2.44. The van der Waals surface area contributed by atoms with Crippen LogP contribution in [-0.4, -0.2) is 39.5 Å². The molecule has 190 valence electrons. The maximum Gasteiger partial charge on any atom is 0.335 e. The van der Waals surface area contributed by atoms with Crippen LogP contribution in [0.4, 0.5) is 0 Å². The molecular formula is C31H38N2O3. The van der Waals surface area contributed by atoms with Crippen molar-refractivity contribution in [3.8, 4) is 11.3 Å². The Morgan fingerprint density at radius 3 is 2.58 bits per heavy atom. The Balaban J connectivity index is 1.69. The molecule has 5 heteroatoms.